The molecule has 0 spiro atoms. The van der Waals surface area contributed by atoms with Gasteiger partial charge in [0.05, 0.1) is 0 Å². The smallest absolute Gasteiger partial charge is 0.136 e. The van der Waals surface area contributed by atoms with Gasteiger partial charge in [0.15, 0.2) is 0 Å². The Morgan fingerprint density at radius 1 is 1.57 bits per heavy atom. The van der Waals surface area contributed by atoms with Crippen LogP contribution in [0.5, 0.6) is 0 Å². The van der Waals surface area contributed by atoms with Crippen molar-refractivity contribution in [1.82, 2.24) is 9.38 Å². The van der Waals surface area contributed by atoms with Crippen LogP contribution in [0.3, 0.4) is 0 Å². The van der Waals surface area contributed by atoms with Crippen LogP contribution in [0.25, 0.3) is 5.65 Å². The summed E-state index contributed by atoms with van der Waals surface area (Å²) in [6.45, 7) is 2.74. The maximum Gasteiger partial charge on any atom is 0.136 e. The van der Waals surface area contributed by atoms with Crippen molar-refractivity contribution in [2.24, 2.45) is 5.73 Å². The van der Waals surface area contributed by atoms with E-state index in [0.29, 0.717) is 12.5 Å². The first-order valence-corrected chi connectivity index (χ1v) is 5.34. The first kappa shape index (κ1) is 9.68. The quantitative estimate of drug-likeness (QED) is 0.892. The molecule has 0 saturated carbocycles. The predicted octanol–water partition coefficient (Wildman–Crippen LogP) is 2.16. The van der Waals surface area contributed by atoms with Crippen molar-refractivity contribution >= 4 is 21.6 Å². The van der Waals surface area contributed by atoms with Gasteiger partial charge in [0.2, 0.25) is 0 Å². The molecule has 3 nitrogen and oxygen atoms in total. The van der Waals surface area contributed by atoms with Crippen LogP contribution in [0.2, 0.25) is 0 Å². The number of nitrogens with two attached hydrogens (primary N) is 1. The monoisotopic (exact) mass is 253 g/mol. The van der Waals surface area contributed by atoms with Crippen molar-refractivity contribution in [2.45, 2.75) is 12.8 Å². The molecule has 14 heavy (non-hydrogen) atoms. The fourth-order valence-electron chi connectivity index (χ4n) is 1.46. The van der Waals surface area contributed by atoms with E-state index in [1.807, 2.05) is 24.5 Å². The highest BCUT2D eigenvalue weighted by Gasteiger charge is 2.09. The fraction of sp³-hybridized carbons (Fsp3) is 0.300. The normalized spacial score (nSPS) is 13.4. The zero-order valence-electron chi connectivity index (χ0n) is 7.94. The molecule has 2 aromatic heterocycles. The number of hydrogen-bond donors (Lipinski definition) is 1. The molecule has 1 atom stereocenters. The maximum absolute atomic E-state index is 5.64. The van der Waals surface area contributed by atoms with Crippen molar-refractivity contribution in [3.8, 4) is 0 Å². The molecule has 0 aliphatic heterocycles. The molecule has 2 aromatic rings. The van der Waals surface area contributed by atoms with Crippen LogP contribution in [0, 0.1) is 0 Å². The van der Waals surface area contributed by atoms with E-state index in [-0.39, 0.29) is 0 Å². The van der Waals surface area contributed by atoms with Gasteiger partial charge in [-0.3, -0.25) is 0 Å². The summed E-state index contributed by atoms with van der Waals surface area (Å²) in [4.78, 5) is 4.32. The van der Waals surface area contributed by atoms with Crippen molar-refractivity contribution in [3.63, 3.8) is 0 Å². The average Bonchev–Trinajstić information content (AvgIpc) is 2.59. The molecule has 0 aromatic carbocycles. The topological polar surface area (TPSA) is 43.3 Å². The molecule has 0 saturated heterocycles. The summed E-state index contributed by atoms with van der Waals surface area (Å²) in [6.07, 6.45) is 3.91. The Balaban J connectivity index is 2.61. The van der Waals surface area contributed by atoms with E-state index in [2.05, 4.69) is 32.2 Å². The first-order chi connectivity index (χ1) is 6.72. The second-order valence-corrected chi connectivity index (χ2v) is 4.31. The number of hydrogen-bond acceptors (Lipinski definition) is 2. The number of rotatable bonds is 2. The van der Waals surface area contributed by atoms with Crippen molar-refractivity contribution in [1.29, 1.82) is 0 Å². The van der Waals surface area contributed by atoms with Crippen molar-refractivity contribution in [2.75, 3.05) is 6.54 Å². The molecule has 2 N–H and O–H groups in total. The van der Waals surface area contributed by atoms with E-state index in [0.717, 1.165) is 15.8 Å². The zero-order chi connectivity index (χ0) is 10.1. The van der Waals surface area contributed by atoms with Gasteiger partial charge in [-0.1, -0.05) is 6.92 Å². The number of aromatic nitrogens is 2. The third kappa shape index (κ3) is 1.55. The van der Waals surface area contributed by atoms with Crippen LogP contribution in [0.4, 0.5) is 0 Å². The van der Waals surface area contributed by atoms with E-state index in [1.54, 1.807) is 0 Å². The second kappa shape index (κ2) is 3.71. The van der Waals surface area contributed by atoms with Gasteiger partial charge in [-0.25, -0.2) is 4.98 Å². The Labute approximate surface area is 91.1 Å². The molecule has 0 fully saturated rings. The summed E-state index contributed by atoms with van der Waals surface area (Å²) in [6, 6.07) is 3.97. The Morgan fingerprint density at radius 2 is 2.36 bits per heavy atom. The van der Waals surface area contributed by atoms with E-state index in [1.165, 1.54) is 0 Å². The number of imidazole rings is 1. The van der Waals surface area contributed by atoms with E-state index < -0.39 is 0 Å². The predicted molar refractivity (Wildman–Crippen MR) is 60.4 cm³/mol. The summed E-state index contributed by atoms with van der Waals surface area (Å²) >= 11 is 3.44. The second-order valence-electron chi connectivity index (χ2n) is 3.40. The summed E-state index contributed by atoms with van der Waals surface area (Å²) < 4.78 is 3.12. The van der Waals surface area contributed by atoms with Gasteiger partial charge >= 0.3 is 0 Å². The molecule has 0 unspecified atom stereocenters. The van der Waals surface area contributed by atoms with Gasteiger partial charge in [-0.05, 0) is 28.1 Å². The lowest BCUT2D eigenvalue weighted by Gasteiger charge is -2.07. The molecule has 0 bridgehead atoms. The molecular formula is C10H12BrN3. The minimum atomic E-state index is 0.333. The van der Waals surface area contributed by atoms with E-state index in [9.17, 15) is 0 Å². The Hall–Kier alpha value is -0.870. The zero-order valence-corrected chi connectivity index (χ0v) is 9.53. The molecule has 2 rings (SSSR count). The maximum atomic E-state index is 5.64. The third-order valence-electron chi connectivity index (χ3n) is 2.36. The van der Waals surface area contributed by atoms with Crippen molar-refractivity contribution in [3.05, 3.63) is 34.7 Å². The molecule has 0 aliphatic carbocycles. The van der Waals surface area contributed by atoms with Gasteiger partial charge < -0.3 is 10.1 Å². The summed E-state index contributed by atoms with van der Waals surface area (Å²) in [7, 11) is 0. The number of nitrogens with zero attached hydrogens (tertiary/aromatic N) is 2. The minimum absolute atomic E-state index is 0.333. The van der Waals surface area contributed by atoms with Crippen LogP contribution in [-0.2, 0) is 0 Å². The van der Waals surface area contributed by atoms with Crippen LogP contribution in [0.15, 0.2) is 29.0 Å². The number of pyridine rings is 1. The van der Waals surface area contributed by atoms with Gasteiger partial charge in [-0.15, -0.1) is 0 Å². The molecule has 0 aliphatic rings. The lowest BCUT2D eigenvalue weighted by atomic mass is 10.1. The average molecular weight is 254 g/mol. The summed E-state index contributed by atoms with van der Waals surface area (Å²) in [5.41, 5.74) is 7.76. The van der Waals surface area contributed by atoms with E-state index >= 15 is 0 Å². The number of halogens is 1. The van der Waals surface area contributed by atoms with E-state index in [4.69, 9.17) is 5.73 Å². The Morgan fingerprint density at radius 3 is 3.07 bits per heavy atom. The van der Waals surface area contributed by atoms with Gasteiger partial charge in [0, 0.05) is 35.0 Å². The summed E-state index contributed by atoms with van der Waals surface area (Å²) in [5, 5.41) is 0. The third-order valence-corrected chi connectivity index (χ3v) is 2.83. The van der Waals surface area contributed by atoms with Gasteiger partial charge in [-0.2, -0.15) is 0 Å². The highest BCUT2D eigenvalue weighted by atomic mass is 79.9. The highest BCUT2D eigenvalue weighted by molar-refractivity contribution is 9.10. The van der Waals surface area contributed by atoms with Crippen LogP contribution >= 0.6 is 15.9 Å². The number of fused-ring (bicyclic) bond motifs is 1. The standard InChI is InChI=1S/C10H12BrN3/c1-7(4-12)9-5-13-10-3-2-8(11)6-14(9)10/h2-3,5-7H,4,12H2,1H3/t7-/m0/s1. The largest absolute Gasteiger partial charge is 0.330 e. The molecule has 2 heterocycles. The molecule has 0 amide bonds. The van der Waals surface area contributed by atoms with Crippen LogP contribution in [0.1, 0.15) is 18.5 Å². The lowest BCUT2D eigenvalue weighted by Crippen LogP contribution is -2.10. The fourth-order valence-corrected chi connectivity index (χ4v) is 1.80. The Kier molecular flexibility index (Phi) is 2.56. The molecule has 4 heteroatoms. The Bertz CT molecular complexity index is 450. The molecule has 0 radical (unpaired) electrons. The van der Waals surface area contributed by atoms with Crippen LogP contribution in [-0.4, -0.2) is 15.9 Å². The molecule has 74 valence electrons. The first-order valence-electron chi connectivity index (χ1n) is 4.55. The SMILES string of the molecule is C[C@@H](CN)c1cnc2ccc(Br)cn12. The highest BCUT2D eigenvalue weighted by Crippen LogP contribution is 2.18. The van der Waals surface area contributed by atoms with Gasteiger partial charge in [0.25, 0.3) is 0 Å². The summed E-state index contributed by atoms with van der Waals surface area (Å²) in [5.74, 6) is 0.333. The van der Waals surface area contributed by atoms with Crippen LogP contribution < -0.4 is 5.73 Å². The van der Waals surface area contributed by atoms with Crippen molar-refractivity contribution < 1.29 is 0 Å². The minimum Gasteiger partial charge on any atom is -0.330 e. The molecular weight excluding hydrogens is 242 g/mol. The van der Waals surface area contributed by atoms with Gasteiger partial charge in [0.1, 0.15) is 5.65 Å². The lowest BCUT2D eigenvalue weighted by molar-refractivity contribution is 0.736.